The SMILES string of the molecule is COC(=O)[C@@H](NC(=O)[C@@H](NC(=O)[C@@H](NC(=O)[C@@H](NC(=O)[C@@H](NC(=O)[C@@H](NC(=O)OCc1ccccc1)C(C)C)[C@@H](C)O[Si](C)(C)C(C)(C)C)C(C)C)[C@@H](C)O[Si](C)(C)C(C)(C)C)C(C)C)[C@@H](C)O[Si](C)(C)C(C)(C)C. The second-order valence-corrected chi connectivity index (χ2v) is 39.9. The zero-order valence-corrected chi connectivity index (χ0v) is 53.4. The predicted octanol–water partition coefficient (Wildman–Crippen LogP) is 8.08. The van der Waals surface area contributed by atoms with Crippen LogP contribution in [0.15, 0.2) is 30.3 Å². The molecule has 0 unspecified atom stereocenters. The molecule has 0 aliphatic rings. The average Bonchev–Trinajstić information content (AvgIpc) is 3.26. The van der Waals surface area contributed by atoms with Gasteiger partial charge in [-0.3, -0.25) is 24.0 Å². The van der Waals surface area contributed by atoms with Gasteiger partial charge in [-0.1, -0.05) is 134 Å². The molecule has 0 aliphatic heterocycles. The fourth-order valence-electron chi connectivity index (χ4n) is 7.13. The van der Waals surface area contributed by atoms with E-state index in [1.54, 1.807) is 74.4 Å². The van der Waals surface area contributed by atoms with Crippen molar-refractivity contribution in [2.24, 2.45) is 17.8 Å². The summed E-state index contributed by atoms with van der Waals surface area (Å²) in [4.78, 5) is 99.1. The number of esters is 1. The predicted molar refractivity (Wildman–Crippen MR) is 303 cm³/mol. The lowest BCUT2D eigenvalue weighted by Crippen LogP contribution is -2.65. The van der Waals surface area contributed by atoms with E-state index in [0.717, 1.165) is 5.56 Å². The Morgan fingerprint density at radius 2 is 0.693 bits per heavy atom. The number of amides is 6. The van der Waals surface area contributed by atoms with Crippen LogP contribution in [0.5, 0.6) is 0 Å². The van der Waals surface area contributed by atoms with E-state index in [2.05, 4.69) is 52.7 Å². The minimum Gasteiger partial charge on any atom is -0.467 e. The summed E-state index contributed by atoms with van der Waals surface area (Å²) in [6.07, 6.45) is -3.47. The van der Waals surface area contributed by atoms with Gasteiger partial charge in [-0.05, 0) is 98.5 Å². The highest BCUT2D eigenvalue weighted by Gasteiger charge is 2.46. The fraction of sp³-hybridized carbons (Fsp3) is 0.759. The first-order chi connectivity index (χ1) is 33.9. The Kier molecular flexibility index (Phi) is 25.7. The second kappa shape index (κ2) is 27.9. The van der Waals surface area contributed by atoms with Crippen LogP contribution in [-0.2, 0) is 58.1 Å². The van der Waals surface area contributed by atoms with Gasteiger partial charge in [0.1, 0.15) is 36.8 Å². The molecule has 0 saturated carbocycles. The summed E-state index contributed by atoms with van der Waals surface area (Å²) in [6, 6.07) is 1.51. The van der Waals surface area contributed by atoms with E-state index < -0.39 is 139 Å². The smallest absolute Gasteiger partial charge is 0.408 e. The summed E-state index contributed by atoms with van der Waals surface area (Å²) in [6.45, 7) is 46.0. The van der Waals surface area contributed by atoms with Crippen LogP contribution in [0.4, 0.5) is 4.79 Å². The number of rotatable bonds is 26. The Morgan fingerprint density at radius 1 is 0.427 bits per heavy atom. The first-order valence-corrected chi connectivity index (χ1v) is 35.3. The van der Waals surface area contributed by atoms with Gasteiger partial charge in [0.25, 0.3) is 0 Å². The van der Waals surface area contributed by atoms with Crippen LogP contribution in [0.3, 0.4) is 0 Å². The Bertz CT molecular complexity index is 2070. The van der Waals surface area contributed by atoms with E-state index in [1.165, 1.54) is 7.11 Å². The van der Waals surface area contributed by atoms with Gasteiger partial charge in [-0.25, -0.2) is 9.59 Å². The molecule has 75 heavy (non-hydrogen) atoms. The van der Waals surface area contributed by atoms with E-state index >= 15 is 0 Å². The van der Waals surface area contributed by atoms with E-state index in [9.17, 15) is 33.6 Å². The quantitative estimate of drug-likeness (QED) is 0.0382. The van der Waals surface area contributed by atoms with Crippen LogP contribution >= 0.6 is 0 Å². The number of carbonyl (C=O) groups excluding carboxylic acids is 7. The lowest BCUT2D eigenvalue weighted by atomic mass is 9.99. The lowest BCUT2D eigenvalue weighted by molar-refractivity contribution is -0.148. The number of carbonyl (C=O) groups is 7. The number of ether oxygens (including phenoxy) is 2. The van der Waals surface area contributed by atoms with Gasteiger partial charge in [-0.2, -0.15) is 0 Å². The van der Waals surface area contributed by atoms with Crippen molar-refractivity contribution in [3.05, 3.63) is 35.9 Å². The number of methoxy groups -OCH3 is 1. The molecule has 0 saturated heterocycles. The normalized spacial score (nSPS) is 16.5. The van der Waals surface area contributed by atoms with Crippen molar-refractivity contribution in [3.8, 4) is 0 Å². The topological polar surface area (TPSA) is 238 Å². The molecule has 1 aromatic carbocycles. The van der Waals surface area contributed by atoms with Gasteiger partial charge in [0.05, 0.1) is 25.4 Å². The fourth-order valence-corrected chi connectivity index (χ4v) is 11.4. The van der Waals surface area contributed by atoms with E-state index in [0.29, 0.717) is 0 Å². The largest absolute Gasteiger partial charge is 0.467 e. The highest BCUT2D eigenvalue weighted by molar-refractivity contribution is 6.75. The van der Waals surface area contributed by atoms with Gasteiger partial charge in [-0.15, -0.1) is 0 Å². The molecule has 9 atom stereocenters. The molecule has 1 rings (SSSR count). The summed E-state index contributed by atoms with van der Waals surface area (Å²) >= 11 is 0. The maximum Gasteiger partial charge on any atom is 0.408 e. The molecule has 0 fully saturated rings. The third-order valence-electron chi connectivity index (χ3n) is 15.1. The Hall–Kier alpha value is -4.16. The van der Waals surface area contributed by atoms with Crippen molar-refractivity contribution in [2.45, 2.75) is 240 Å². The number of hydrogen-bond acceptors (Lipinski definition) is 12. The van der Waals surface area contributed by atoms with Crippen LogP contribution in [0.25, 0.3) is 0 Å². The van der Waals surface area contributed by atoms with Crippen molar-refractivity contribution in [2.75, 3.05) is 7.11 Å². The van der Waals surface area contributed by atoms with E-state index in [-0.39, 0.29) is 21.7 Å². The zero-order chi connectivity index (χ0) is 58.6. The molecule has 0 aliphatic carbocycles. The van der Waals surface area contributed by atoms with Crippen LogP contribution in [-0.4, -0.2) is 128 Å². The zero-order valence-electron chi connectivity index (χ0n) is 50.4. The number of hydrogen-bond donors (Lipinski definition) is 6. The summed E-state index contributed by atoms with van der Waals surface area (Å²) < 4.78 is 30.4. The van der Waals surface area contributed by atoms with E-state index in [1.807, 2.05) is 99.0 Å². The van der Waals surface area contributed by atoms with Gasteiger partial charge >= 0.3 is 12.1 Å². The van der Waals surface area contributed by atoms with Gasteiger partial charge in [0, 0.05) is 0 Å². The van der Waals surface area contributed by atoms with Crippen molar-refractivity contribution < 1.29 is 56.3 Å². The van der Waals surface area contributed by atoms with Crippen LogP contribution < -0.4 is 31.9 Å². The molecule has 1 aromatic rings. The second-order valence-electron chi connectivity index (χ2n) is 25.6. The van der Waals surface area contributed by atoms with Crippen molar-refractivity contribution >= 4 is 66.6 Å². The van der Waals surface area contributed by atoms with Gasteiger partial charge in [0.15, 0.2) is 31.0 Å². The van der Waals surface area contributed by atoms with E-state index in [4.69, 9.17) is 22.8 Å². The molecule has 0 heterocycles. The van der Waals surface area contributed by atoms with Crippen LogP contribution in [0.1, 0.15) is 130 Å². The molecular weight excluding hydrogens is 1010 g/mol. The summed E-state index contributed by atoms with van der Waals surface area (Å²) in [5.74, 6) is -5.79. The van der Waals surface area contributed by atoms with Crippen molar-refractivity contribution in [3.63, 3.8) is 0 Å². The van der Waals surface area contributed by atoms with Crippen LogP contribution in [0.2, 0.25) is 54.4 Å². The first-order valence-electron chi connectivity index (χ1n) is 26.5. The first kappa shape index (κ1) is 68.9. The number of nitrogens with one attached hydrogen (secondary N) is 6. The minimum atomic E-state index is -2.62. The average molecular weight is 1110 g/mol. The maximum atomic E-state index is 14.8. The third-order valence-corrected chi connectivity index (χ3v) is 28.8. The highest BCUT2D eigenvalue weighted by Crippen LogP contribution is 2.40. The van der Waals surface area contributed by atoms with Crippen LogP contribution in [0, 0.1) is 17.8 Å². The summed E-state index contributed by atoms with van der Waals surface area (Å²) in [5, 5.41) is 16.1. The molecule has 0 spiro atoms. The molecule has 21 heteroatoms. The lowest BCUT2D eigenvalue weighted by Gasteiger charge is -2.41. The monoisotopic (exact) mass is 1110 g/mol. The standard InChI is InChI=1S/C54H100N6O12Si3/c1-32(2)39(55-49(65)43(36(8)71-74(22,23)53(13,14)15)58-47(63)41(34(5)6)60-51(67)69-31-38-29-27-26-28-30-38)45(61)57-42(35(7)70-73(20,21)52(10,11)12)48(64)56-40(33(3)4)46(62)59-44(50(66)68-19)37(9)72-75(24,25)54(16,17)18/h26-30,32-37,39-44H,31H2,1-25H3,(H,55,65)(H,56,64)(H,57,61)(H,58,63)(H,59,62)(H,60,67)/t35-,36-,37-,39+,40+,41+,42+,43+,44+/m1/s1. The molecule has 0 bridgehead atoms. The summed E-state index contributed by atoms with van der Waals surface area (Å²) in [5.41, 5.74) is 0.756. The minimum absolute atomic E-state index is 0.0258. The molecule has 430 valence electrons. The number of alkyl carbamates (subject to hydrolysis) is 1. The Balaban J connectivity index is 3.76. The number of benzene rings is 1. The Morgan fingerprint density at radius 3 is 0.987 bits per heavy atom. The molecule has 0 radical (unpaired) electrons. The molecule has 18 nitrogen and oxygen atoms in total. The third kappa shape index (κ3) is 20.6. The molecule has 0 aromatic heterocycles. The highest BCUT2D eigenvalue weighted by atomic mass is 28.4. The van der Waals surface area contributed by atoms with Gasteiger partial charge < -0.3 is 54.7 Å². The molecular formula is C54H100N6O12Si3. The van der Waals surface area contributed by atoms with Crippen molar-refractivity contribution in [1.29, 1.82) is 0 Å². The van der Waals surface area contributed by atoms with Crippen molar-refractivity contribution in [1.82, 2.24) is 31.9 Å². The van der Waals surface area contributed by atoms with Gasteiger partial charge in [0.2, 0.25) is 29.5 Å². The Labute approximate surface area is 453 Å². The maximum absolute atomic E-state index is 14.8. The summed E-state index contributed by atoms with van der Waals surface area (Å²) in [7, 11) is -6.42. The molecule has 6 amide bonds. The molecule has 6 N–H and O–H groups in total.